The van der Waals surface area contributed by atoms with Gasteiger partial charge in [-0.2, -0.15) is 0 Å². The molecule has 3 heteroatoms. The number of rotatable bonds is 9. The highest BCUT2D eigenvalue weighted by molar-refractivity contribution is 6.01. The predicted molar refractivity (Wildman–Crippen MR) is 101 cm³/mol. The predicted octanol–water partition coefficient (Wildman–Crippen LogP) is 4.78. The smallest absolute Gasteiger partial charge is 0.263 e. The highest BCUT2D eigenvalue weighted by Crippen LogP contribution is 2.23. The van der Waals surface area contributed by atoms with Crippen LogP contribution in [0.1, 0.15) is 76.8 Å². The second kappa shape index (κ2) is 9.03. The van der Waals surface area contributed by atoms with Crippen molar-refractivity contribution in [2.75, 3.05) is 0 Å². The number of aryl methyl sites for hydroxylation is 1. The highest BCUT2D eigenvalue weighted by atomic mass is 16.2. The topological polar surface area (TPSA) is 41.1 Å². The van der Waals surface area contributed by atoms with Crippen LogP contribution in [-0.2, 0) is 11.2 Å². The first-order valence-electron chi connectivity index (χ1n) is 9.41. The summed E-state index contributed by atoms with van der Waals surface area (Å²) in [5, 5.41) is 0. The van der Waals surface area contributed by atoms with Gasteiger partial charge in [0.15, 0.2) is 0 Å². The normalized spacial score (nSPS) is 18.1. The summed E-state index contributed by atoms with van der Waals surface area (Å²) < 4.78 is 0. The van der Waals surface area contributed by atoms with E-state index in [2.05, 4.69) is 42.0 Å². The summed E-state index contributed by atoms with van der Waals surface area (Å²) in [7, 11) is 0. The van der Waals surface area contributed by atoms with Gasteiger partial charge in [-0.1, -0.05) is 69.7 Å². The molecule has 1 heterocycles. The zero-order chi connectivity index (χ0) is 17.4. The molecule has 1 fully saturated rings. The van der Waals surface area contributed by atoms with Gasteiger partial charge in [-0.3, -0.25) is 10.2 Å². The van der Waals surface area contributed by atoms with E-state index in [4.69, 9.17) is 0 Å². The van der Waals surface area contributed by atoms with Crippen molar-refractivity contribution < 1.29 is 4.79 Å². The number of benzene rings is 1. The maximum Gasteiger partial charge on any atom is 0.263 e. The van der Waals surface area contributed by atoms with Crippen molar-refractivity contribution in [1.82, 2.24) is 10.9 Å². The number of nitrogens with one attached hydrogen (secondary N) is 2. The first-order valence-corrected chi connectivity index (χ1v) is 9.41. The standard InChI is InChI=1S/C21H32N2O/c1-4-5-6-7-8-9-10-11-17-12-14-18(15-13-17)16-19-20(24)22-23-21(19,2)3/h12-16,23H,4-11H2,1-3H3,(H,22,24)/b19-16+. The third-order valence-electron chi connectivity index (χ3n) is 4.77. The summed E-state index contributed by atoms with van der Waals surface area (Å²) in [6, 6.07) is 8.62. The number of carbonyl (C=O) groups excluding carboxylic acids is 1. The Hall–Kier alpha value is -1.61. The zero-order valence-electron chi connectivity index (χ0n) is 15.5. The lowest BCUT2D eigenvalue weighted by Crippen LogP contribution is -2.38. The highest BCUT2D eigenvalue weighted by Gasteiger charge is 2.34. The number of carbonyl (C=O) groups is 1. The fraction of sp³-hybridized carbons (Fsp3) is 0.571. The average Bonchev–Trinajstić information content (AvgIpc) is 2.82. The Kier molecular flexibility index (Phi) is 7.04. The number of unbranched alkanes of at least 4 members (excludes halogenated alkanes) is 6. The molecule has 2 N–H and O–H groups in total. The van der Waals surface area contributed by atoms with Gasteiger partial charge in [0.1, 0.15) is 0 Å². The molecule has 24 heavy (non-hydrogen) atoms. The van der Waals surface area contributed by atoms with E-state index in [0.717, 1.165) is 17.6 Å². The molecule has 0 atom stereocenters. The van der Waals surface area contributed by atoms with Crippen molar-refractivity contribution in [3.05, 3.63) is 41.0 Å². The molecule has 1 aromatic rings. The van der Waals surface area contributed by atoms with Crippen LogP contribution in [0.25, 0.3) is 6.08 Å². The monoisotopic (exact) mass is 328 g/mol. The van der Waals surface area contributed by atoms with E-state index in [1.807, 2.05) is 19.9 Å². The molecule has 1 amide bonds. The molecule has 1 aliphatic rings. The number of hydrogen-bond donors (Lipinski definition) is 2. The number of amides is 1. The van der Waals surface area contributed by atoms with Crippen molar-refractivity contribution >= 4 is 12.0 Å². The summed E-state index contributed by atoms with van der Waals surface area (Å²) in [4.78, 5) is 11.9. The van der Waals surface area contributed by atoms with E-state index in [1.54, 1.807) is 0 Å². The molecule has 0 bridgehead atoms. The molecule has 1 saturated heterocycles. The lowest BCUT2D eigenvalue weighted by molar-refractivity contribution is -0.116. The molecule has 1 aromatic carbocycles. The second-order valence-electron chi connectivity index (χ2n) is 7.38. The van der Waals surface area contributed by atoms with Gasteiger partial charge in [-0.05, 0) is 43.9 Å². The number of hydrogen-bond acceptors (Lipinski definition) is 2. The maximum absolute atomic E-state index is 11.9. The van der Waals surface area contributed by atoms with Crippen LogP contribution in [0.4, 0.5) is 0 Å². The van der Waals surface area contributed by atoms with Gasteiger partial charge >= 0.3 is 0 Å². The number of hydrazine groups is 1. The summed E-state index contributed by atoms with van der Waals surface area (Å²) in [6.45, 7) is 6.27. The minimum absolute atomic E-state index is 0.0350. The molecule has 0 unspecified atom stereocenters. The third-order valence-corrected chi connectivity index (χ3v) is 4.77. The first kappa shape index (κ1) is 18.7. The lowest BCUT2D eigenvalue weighted by Gasteiger charge is -2.16. The largest absolute Gasteiger partial charge is 0.287 e. The molecule has 132 valence electrons. The fourth-order valence-electron chi connectivity index (χ4n) is 3.11. The van der Waals surface area contributed by atoms with Gasteiger partial charge < -0.3 is 0 Å². The van der Waals surface area contributed by atoms with Crippen molar-refractivity contribution in [2.24, 2.45) is 0 Å². The summed E-state index contributed by atoms with van der Waals surface area (Å²) in [5.41, 5.74) is 8.62. The van der Waals surface area contributed by atoms with Crippen molar-refractivity contribution in [3.8, 4) is 0 Å². The Morgan fingerprint density at radius 3 is 2.17 bits per heavy atom. The van der Waals surface area contributed by atoms with Gasteiger partial charge in [0.2, 0.25) is 0 Å². The molecule has 1 aliphatic heterocycles. The summed E-state index contributed by atoms with van der Waals surface area (Å²) in [6.07, 6.45) is 12.6. The van der Waals surface area contributed by atoms with Crippen LogP contribution in [0.15, 0.2) is 29.8 Å². The van der Waals surface area contributed by atoms with E-state index in [9.17, 15) is 4.79 Å². The molecule has 0 aromatic heterocycles. The summed E-state index contributed by atoms with van der Waals surface area (Å²) in [5.74, 6) is -0.0350. The zero-order valence-corrected chi connectivity index (χ0v) is 15.5. The van der Waals surface area contributed by atoms with E-state index in [1.165, 1.54) is 50.5 Å². The van der Waals surface area contributed by atoms with Gasteiger partial charge in [-0.25, -0.2) is 5.43 Å². The van der Waals surface area contributed by atoms with Crippen LogP contribution in [-0.4, -0.2) is 11.4 Å². The Bertz CT molecular complexity index is 558. The molecule has 2 rings (SSSR count). The Morgan fingerprint density at radius 1 is 0.958 bits per heavy atom. The van der Waals surface area contributed by atoms with Gasteiger partial charge in [0.25, 0.3) is 5.91 Å². The fourth-order valence-corrected chi connectivity index (χ4v) is 3.11. The van der Waals surface area contributed by atoms with Crippen LogP contribution in [0.3, 0.4) is 0 Å². The Morgan fingerprint density at radius 2 is 1.58 bits per heavy atom. The molecule has 0 spiro atoms. The van der Waals surface area contributed by atoms with E-state index >= 15 is 0 Å². The molecule has 0 aliphatic carbocycles. The summed E-state index contributed by atoms with van der Waals surface area (Å²) >= 11 is 0. The van der Waals surface area contributed by atoms with Gasteiger partial charge in [-0.15, -0.1) is 0 Å². The third kappa shape index (κ3) is 5.48. The molecular weight excluding hydrogens is 296 g/mol. The van der Waals surface area contributed by atoms with Crippen LogP contribution < -0.4 is 10.9 Å². The molecule has 0 saturated carbocycles. The minimum Gasteiger partial charge on any atom is -0.287 e. The van der Waals surface area contributed by atoms with E-state index in [-0.39, 0.29) is 11.4 Å². The Balaban J connectivity index is 1.80. The quantitative estimate of drug-likeness (QED) is 0.506. The minimum atomic E-state index is -0.326. The molecular formula is C21H32N2O. The maximum atomic E-state index is 11.9. The Labute approximate surface area is 146 Å². The van der Waals surface area contributed by atoms with Crippen LogP contribution in [0.2, 0.25) is 0 Å². The van der Waals surface area contributed by atoms with Crippen molar-refractivity contribution in [3.63, 3.8) is 0 Å². The molecule has 3 nitrogen and oxygen atoms in total. The van der Waals surface area contributed by atoms with Crippen molar-refractivity contribution in [1.29, 1.82) is 0 Å². The van der Waals surface area contributed by atoms with Crippen molar-refractivity contribution in [2.45, 2.75) is 77.7 Å². The van der Waals surface area contributed by atoms with Gasteiger partial charge in [0, 0.05) is 5.57 Å². The van der Waals surface area contributed by atoms with Crippen LogP contribution >= 0.6 is 0 Å². The van der Waals surface area contributed by atoms with Gasteiger partial charge in [0.05, 0.1) is 5.54 Å². The van der Waals surface area contributed by atoms with E-state index < -0.39 is 0 Å². The molecule has 0 radical (unpaired) electrons. The average molecular weight is 329 g/mol. The van der Waals surface area contributed by atoms with E-state index in [0.29, 0.717) is 0 Å². The van der Waals surface area contributed by atoms with Crippen LogP contribution in [0, 0.1) is 0 Å². The first-order chi connectivity index (χ1) is 11.5. The lowest BCUT2D eigenvalue weighted by atomic mass is 9.93. The SMILES string of the molecule is CCCCCCCCCc1ccc(/C=C2\C(=O)NNC2(C)C)cc1. The van der Waals surface area contributed by atoms with Crippen LogP contribution in [0.5, 0.6) is 0 Å². The second-order valence-corrected chi connectivity index (χ2v) is 7.38.